The lowest BCUT2D eigenvalue weighted by Crippen LogP contribution is -2.45. The summed E-state index contributed by atoms with van der Waals surface area (Å²) in [7, 11) is -3.74. The van der Waals surface area contributed by atoms with Crippen LogP contribution in [-0.4, -0.2) is 20.9 Å². The van der Waals surface area contributed by atoms with Gasteiger partial charge in [-0.1, -0.05) is 30.3 Å². The maximum Gasteiger partial charge on any atom is 0.241 e. The van der Waals surface area contributed by atoms with Gasteiger partial charge in [0.05, 0.1) is 17.0 Å². The van der Waals surface area contributed by atoms with Crippen molar-refractivity contribution in [3.8, 4) is 0 Å². The number of rotatable bonds is 6. The van der Waals surface area contributed by atoms with E-state index in [1.807, 2.05) is 0 Å². The SMILES string of the molecule is CC(C)(NC(=O)CNS(=O)(=O)c1ccccc1)c1ccc(F)cc1. The average Bonchev–Trinajstić information content (AvgIpc) is 2.54. The van der Waals surface area contributed by atoms with E-state index in [4.69, 9.17) is 0 Å². The largest absolute Gasteiger partial charge is 0.346 e. The van der Waals surface area contributed by atoms with Gasteiger partial charge in [-0.15, -0.1) is 0 Å². The van der Waals surface area contributed by atoms with Crippen molar-refractivity contribution in [1.29, 1.82) is 0 Å². The normalized spacial score (nSPS) is 12.0. The van der Waals surface area contributed by atoms with Gasteiger partial charge in [-0.2, -0.15) is 0 Å². The molecule has 0 atom stereocenters. The first kappa shape index (κ1) is 18.1. The monoisotopic (exact) mass is 350 g/mol. The summed E-state index contributed by atoms with van der Waals surface area (Å²) in [5.74, 6) is -0.847. The van der Waals surface area contributed by atoms with Crippen LogP contribution in [0.5, 0.6) is 0 Å². The molecule has 0 aliphatic rings. The lowest BCUT2D eigenvalue weighted by atomic mass is 9.94. The van der Waals surface area contributed by atoms with Crippen molar-refractivity contribution in [1.82, 2.24) is 10.0 Å². The van der Waals surface area contributed by atoms with Gasteiger partial charge in [-0.3, -0.25) is 4.79 Å². The summed E-state index contributed by atoms with van der Waals surface area (Å²) in [4.78, 5) is 12.2. The van der Waals surface area contributed by atoms with Crippen LogP contribution in [0.3, 0.4) is 0 Å². The molecule has 128 valence electrons. The molecule has 5 nitrogen and oxygen atoms in total. The molecule has 0 heterocycles. The molecule has 1 amide bonds. The molecule has 2 aromatic carbocycles. The van der Waals surface area contributed by atoms with Crippen molar-refractivity contribution < 1.29 is 17.6 Å². The van der Waals surface area contributed by atoms with Crippen LogP contribution in [0.1, 0.15) is 19.4 Å². The molecule has 0 spiro atoms. The number of benzene rings is 2. The van der Waals surface area contributed by atoms with Crippen LogP contribution in [0.15, 0.2) is 59.5 Å². The fourth-order valence-electron chi connectivity index (χ4n) is 2.18. The third-order valence-corrected chi connectivity index (χ3v) is 4.91. The Labute approximate surface area is 141 Å². The summed E-state index contributed by atoms with van der Waals surface area (Å²) in [5.41, 5.74) is -0.0497. The van der Waals surface area contributed by atoms with E-state index in [1.165, 1.54) is 24.3 Å². The average molecular weight is 350 g/mol. The number of halogens is 1. The molecule has 0 aliphatic heterocycles. The Balaban J connectivity index is 1.99. The standard InChI is InChI=1S/C17H19FN2O3S/c1-17(2,13-8-10-14(18)11-9-13)20-16(21)12-19-24(22,23)15-6-4-3-5-7-15/h3-11,19H,12H2,1-2H3,(H,20,21). The van der Waals surface area contributed by atoms with E-state index >= 15 is 0 Å². The molecule has 24 heavy (non-hydrogen) atoms. The zero-order valence-corrected chi connectivity index (χ0v) is 14.2. The Kier molecular flexibility index (Phi) is 5.36. The zero-order chi connectivity index (χ0) is 17.8. The van der Waals surface area contributed by atoms with Crippen LogP contribution in [0, 0.1) is 5.82 Å². The lowest BCUT2D eigenvalue weighted by Gasteiger charge is -2.27. The smallest absolute Gasteiger partial charge is 0.241 e. The van der Waals surface area contributed by atoms with E-state index < -0.39 is 21.5 Å². The molecule has 2 aromatic rings. The molecule has 0 saturated carbocycles. The molecular weight excluding hydrogens is 331 g/mol. The number of sulfonamides is 1. The number of hydrogen-bond donors (Lipinski definition) is 2. The van der Waals surface area contributed by atoms with Crippen LogP contribution in [0.25, 0.3) is 0 Å². The summed E-state index contributed by atoms with van der Waals surface area (Å²) in [6.07, 6.45) is 0. The number of hydrogen-bond acceptors (Lipinski definition) is 3. The highest BCUT2D eigenvalue weighted by atomic mass is 32.2. The third-order valence-electron chi connectivity index (χ3n) is 3.49. The highest BCUT2D eigenvalue weighted by molar-refractivity contribution is 7.89. The van der Waals surface area contributed by atoms with E-state index in [0.29, 0.717) is 5.56 Å². The second kappa shape index (κ2) is 7.11. The van der Waals surface area contributed by atoms with Crippen LogP contribution >= 0.6 is 0 Å². The summed E-state index contributed by atoms with van der Waals surface area (Å²) in [6, 6.07) is 13.6. The topological polar surface area (TPSA) is 75.3 Å². The minimum absolute atomic E-state index is 0.0931. The van der Waals surface area contributed by atoms with Gasteiger partial charge in [0, 0.05) is 0 Å². The third kappa shape index (κ3) is 4.62. The van der Waals surface area contributed by atoms with E-state index in [2.05, 4.69) is 10.0 Å². The Morgan fingerprint density at radius 2 is 1.62 bits per heavy atom. The second-order valence-electron chi connectivity index (χ2n) is 5.82. The predicted octanol–water partition coefficient (Wildman–Crippen LogP) is 2.16. The Bertz CT molecular complexity index is 803. The first-order valence-electron chi connectivity index (χ1n) is 7.32. The highest BCUT2D eigenvalue weighted by Gasteiger charge is 2.24. The van der Waals surface area contributed by atoms with Gasteiger partial charge in [0.1, 0.15) is 5.82 Å². The maximum absolute atomic E-state index is 13.0. The molecule has 0 aromatic heterocycles. The fraction of sp³-hybridized carbons (Fsp3) is 0.235. The predicted molar refractivity (Wildman–Crippen MR) is 89.2 cm³/mol. The molecule has 2 N–H and O–H groups in total. The number of carbonyl (C=O) groups is 1. The molecule has 0 aliphatic carbocycles. The van der Waals surface area contributed by atoms with Crippen molar-refractivity contribution >= 4 is 15.9 Å². The lowest BCUT2D eigenvalue weighted by molar-refractivity contribution is -0.121. The number of amides is 1. The van der Waals surface area contributed by atoms with Gasteiger partial charge < -0.3 is 5.32 Å². The molecule has 0 radical (unpaired) electrons. The van der Waals surface area contributed by atoms with E-state index in [1.54, 1.807) is 44.2 Å². The van der Waals surface area contributed by atoms with Gasteiger partial charge in [0.2, 0.25) is 15.9 Å². The molecule has 0 saturated heterocycles. The van der Waals surface area contributed by atoms with Crippen molar-refractivity contribution in [2.24, 2.45) is 0 Å². The minimum atomic E-state index is -3.74. The molecule has 2 rings (SSSR count). The first-order chi connectivity index (χ1) is 11.2. The summed E-state index contributed by atoms with van der Waals surface area (Å²) < 4.78 is 39.4. The molecule has 0 bridgehead atoms. The minimum Gasteiger partial charge on any atom is -0.346 e. The van der Waals surface area contributed by atoms with Crippen LogP contribution in [-0.2, 0) is 20.4 Å². The van der Waals surface area contributed by atoms with Crippen LogP contribution in [0.2, 0.25) is 0 Å². The van der Waals surface area contributed by atoms with Crippen molar-refractivity contribution in [2.75, 3.05) is 6.54 Å². The zero-order valence-electron chi connectivity index (χ0n) is 13.4. The molecule has 7 heteroatoms. The van der Waals surface area contributed by atoms with E-state index in [-0.39, 0.29) is 17.3 Å². The summed E-state index contributed by atoms with van der Waals surface area (Å²) in [5, 5.41) is 2.73. The maximum atomic E-state index is 13.0. The van der Waals surface area contributed by atoms with E-state index in [9.17, 15) is 17.6 Å². The van der Waals surface area contributed by atoms with Gasteiger partial charge in [0.25, 0.3) is 0 Å². The molecular formula is C17H19FN2O3S. The first-order valence-corrected chi connectivity index (χ1v) is 8.81. The molecule has 0 fully saturated rings. The van der Waals surface area contributed by atoms with Crippen molar-refractivity contribution in [3.05, 3.63) is 66.0 Å². The van der Waals surface area contributed by atoms with Gasteiger partial charge in [-0.25, -0.2) is 17.5 Å². The number of nitrogens with one attached hydrogen (secondary N) is 2. The van der Waals surface area contributed by atoms with Crippen molar-refractivity contribution in [3.63, 3.8) is 0 Å². The Morgan fingerprint density at radius 3 is 2.21 bits per heavy atom. The number of carbonyl (C=O) groups excluding carboxylic acids is 1. The molecule has 0 unspecified atom stereocenters. The summed E-state index contributed by atoms with van der Waals surface area (Å²) >= 11 is 0. The van der Waals surface area contributed by atoms with Crippen molar-refractivity contribution in [2.45, 2.75) is 24.3 Å². The summed E-state index contributed by atoms with van der Waals surface area (Å²) in [6.45, 7) is 3.12. The Hall–Kier alpha value is -2.25. The van der Waals surface area contributed by atoms with Gasteiger partial charge >= 0.3 is 0 Å². The van der Waals surface area contributed by atoms with Crippen LogP contribution < -0.4 is 10.0 Å². The second-order valence-corrected chi connectivity index (χ2v) is 7.58. The van der Waals surface area contributed by atoms with E-state index in [0.717, 1.165) is 0 Å². The highest BCUT2D eigenvalue weighted by Crippen LogP contribution is 2.20. The fourth-order valence-corrected chi connectivity index (χ4v) is 3.18. The quantitative estimate of drug-likeness (QED) is 0.838. The van der Waals surface area contributed by atoms with Gasteiger partial charge in [-0.05, 0) is 43.7 Å². The van der Waals surface area contributed by atoms with Crippen LogP contribution in [0.4, 0.5) is 4.39 Å². The van der Waals surface area contributed by atoms with Gasteiger partial charge in [0.15, 0.2) is 0 Å². The Morgan fingerprint density at radius 1 is 1.04 bits per heavy atom.